The largest absolute Gasteiger partial charge is 0.321 e. The van der Waals surface area contributed by atoms with E-state index >= 15 is 0 Å². The SMILES string of the molecule is CC(C)(N)c1sc2c(c1Cl)CCCC2. The van der Waals surface area contributed by atoms with E-state index in [1.807, 2.05) is 25.2 Å². The molecule has 1 heterocycles. The highest BCUT2D eigenvalue weighted by Crippen LogP contribution is 2.41. The Balaban J connectivity index is 2.49. The van der Waals surface area contributed by atoms with Crippen molar-refractivity contribution >= 4 is 22.9 Å². The minimum atomic E-state index is -0.293. The first kappa shape index (κ1) is 10.5. The van der Waals surface area contributed by atoms with E-state index in [1.54, 1.807) is 0 Å². The van der Waals surface area contributed by atoms with E-state index in [4.69, 9.17) is 17.3 Å². The summed E-state index contributed by atoms with van der Waals surface area (Å²) in [7, 11) is 0. The van der Waals surface area contributed by atoms with E-state index in [-0.39, 0.29) is 5.54 Å². The third kappa shape index (κ3) is 1.71. The van der Waals surface area contributed by atoms with E-state index < -0.39 is 0 Å². The smallest absolute Gasteiger partial charge is 0.0598 e. The summed E-state index contributed by atoms with van der Waals surface area (Å²) in [4.78, 5) is 2.63. The molecule has 0 radical (unpaired) electrons. The zero-order valence-corrected chi connectivity index (χ0v) is 10.3. The Labute approximate surface area is 94.3 Å². The lowest BCUT2D eigenvalue weighted by Gasteiger charge is -2.17. The average molecular weight is 230 g/mol. The zero-order valence-electron chi connectivity index (χ0n) is 8.69. The molecule has 1 aromatic rings. The first-order chi connectivity index (χ1) is 6.50. The van der Waals surface area contributed by atoms with Crippen LogP contribution in [-0.2, 0) is 18.4 Å². The fourth-order valence-electron chi connectivity index (χ4n) is 1.94. The van der Waals surface area contributed by atoms with E-state index in [0.29, 0.717) is 0 Å². The van der Waals surface area contributed by atoms with Gasteiger partial charge in [-0.2, -0.15) is 0 Å². The molecule has 0 saturated heterocycles. The Hall–Kier alpha value is -0.0500. The molecule has 1 aromatic heterocycles. The van der Waals surface area contributed by atoms with Gasteiger partial charge in [-0.25, -0.2) is 0 Å². The van der Waals surface area contributed by atoms with Crippen LogP contribution in [0.25, 0.3) is 0 Å². The average Bonchev–Trinajstić information content (AvgIpc) is 2.44. The van der Waals surface area contributed by atoms with E-state index in [1.165, 1.54) is 29.7 Å². The van der Waals surface area contributed by atoms with Crippen molar-refractivity contribution < 1.29 is 0 Å². The van der Waals surface area contributed by atoms with Crippen molar-refractivity contribution in [1.82, 2.24) is 0 Å². The van der Waals surface area contributed by atoms with E-state index in [2.05, 4.69) is 0 Å². The third-order valence-electron chi connectivity index (χ3n) is 2.69. The Morgan fingerprint density at radius 1 is 1.29 bits per heavy atom. The minimum Gasteiger partial charge on any atom is -0.321 e. The van der Waals surface area contributed by atoms with Crippen LogP contribution in [0, 0.1) is 0 Å². The summed E-state index contributed by atoms with van der Waals surface area (Å²) >= 11 is 8.17. The van der Waals surface area contributed by atoms with Gasteiger partial charge in [-0.05, 0) is 45.1 Å². The van der Waals surface area contributed by atoms with Gasteiger partial charge in [0.2, 0.25) is 0 Å². The van der Waals surface area contributed by atoms with Gasteiger partial charge in [0.15, 0.2) is 0 Å². The molecule has 2 N–H and O–H groups in total. The highest BCUT2D eigenvalue weighted by Gasteiger charge is 2.26. The third-order valence-corrected chi connectivity index (χ3v) is 4.85. The summed E-state index contributed by atoms with van der Waals surface area (Å²) in [5, 5.41) is 0.942. The van der Waals surface area contributed by atoms with Crippen molar-refractivity contribution in [3.8, 4) is 0 Å². The van der Waals surface area contributed by atoms with Crippen molar-refractivity contribution in [2.24, 2.45) is 5.73 Å². The fraction of sp³-hybridized carbons (Fsp3) is 0.636. The minimum absolute atomic E-state index is 0.293. The number of halogens is 1. The number of fused-ring (bicyclic) bond motifs is 1. The standard InChI is InChI=1S/C11H16ClNS/c1-11(2,13)10-9(12)7-5-3-4-6-8(7)14-10/h3-6,13H2,1-2H3. The second-order valence-electron chi connectivity index (χ2n) is 4.58. The molecule has 0 unspecified atom stereocenters. The van der Waals surface area contributed by atoms with Gasteiger partial charge < -0.3 is 5.73 Å². The molecule has 0 aromatic carbocycles. The van der Waals surface area contributed by atoms with Crippen molar-refractivity contribution in [1.29, 1.82) is 0 Å². The summed E-state index contributed by atoms with van der Waals surface area (Å²) in [6, 6.07) is 0. The normalized spacial score (nSPS) is 16.9. The van der Waals surface area contributed by atoms with Gasteiger partial charge in [-0.1, -0.05) is 11.6 Å². The Morgan fingerprint density at radius 2 is 1.93 bits per heavy atom. The van der Waals surface area contributed by atoms with Gasteiger partial charge in [0, 0.05) is 15.3 Å². The molecule has 0 fully saturated rings. The number of thiophene rings is 1. The molecule has 78 valence electrons. The summed E-state index contributed by atoms with van der Waals surface area (Å²) in [6.07, 6.45) is 4.90. The van der Waals surface area contributed by atoms with Gasteiger partial charge in [-0.3, -0.25) is 0 Å². The first-order valence-electron chi connectivity index (χ1n) is 5.09. The van der Waals surface area contributed by atoms with Gasteiger partial charge in [0.05, 0.1) is 5.02 Å². The van der Waals surface area contributed by atoms with Crippen LogP contribution in [0.15, 0.2) is 0 Å². The monoisotopic (exact) mass is 229 g/mol. The van der Waals surface area contributed by atoms with Crippen LogP contribution < -0.4 is 5.73 Å². The molecule has 1 aliphatic rings. The molecule has 1 nitrogen and oxygen atoms in total. The molecular formula is C11H16ClNS. The van der Waals surface area contributed by atoms with Gasteiger partial charge >= 0.3 is 0 Å². The van der Waals surface area contributed by atoms with Crippen LogP contribution in [0.4, 0.5) is 0 Å². The van der Waals surface area contributed by atoms with E-state index in [9.17, 15) is 0 Å². The van der Waals surface area contributed by atoms with Crippen LogP contribution in [0.2, 0.25) is 5.02 Å². The molecule has 0 spiro atoms. The summed E-state index contributed by atoms with van der Waals surface area (Å²) in [5.74, 6) is 0. The molecule has 1 aliphatic carbocycles. The van der Waals surface area contributed by atoms with Crippen molar-refractivity contribution in [2.75, 3.05) is 0 Å². The van der Waals surface area contributed by atoms with Crippen LogP contribution in [0.3, 0.4) is 0 Å². The molecular weight excluding hydrogens is 214 g/mol. The molecule has 2 rings (SSSR count). The summed E-state index contributed by atoms with van der Waals surface area (Å²) in [5.41, 5.74) is 7.17. The number of hydrogen-bond donors (Lipinski definition) is 1. The molecule has 0 atom stereocenters. The second kappa shape index (κ2) is 3.51. The first-order valence-corrected chi connectivity index (χ1v) is 6.29. The number of aryl methyl sites for hydroxylation is 1. The zero-order chi connectivity index (χ0) is 10.3. The predicted molar refractivity (Wildman–Crippen MR) is 63.2 cm³/mol. The Kier molecular flexibility index (Phi) is 2.63. The summed E-state index contributed by atoms with van der Waals surface area (Å²) in [6.45, 7) is 4.05. The van der Waals surface area contributed by atoms with Crippen LogP contribution in [-0.4, -0.2) is 0 Å². The number of nitrogens with two attached hydrogens (primary N) is 1. The number of hydrogen-bond acceptors (Lipinski definition) is 2. The lowest BCUT2D eigenvalue weighted by molar-refractivity contribution is 0.566. The topological polar surface area (TPSA) is 26.0 Å². The molecule has 0 amide bonds. The molecule has 3 heteroatoms. The predicted octanol–water partition coefficient (Wildman–Crippen LogP) is 3.47. The molecule has 0 saturated carbocycles. The fourth-order valence-corrected chi connectivity index (χ4v) is 3.86. The number of rotatable bonds is 1. The van der Waals surface area contributed by atoms with Gasteiger partial charge in [0.25, 0.3) is 0 Å². The van der Waals surface area contributed by atoms with Gasteiger partial charge in [0.1, 0.15) is 0 Å². The van der Waals surface area contributed by atoms with Crippen molar-refractivity contribution in [3.63, 3.8) is 0 Å². The second-order valence-corrected chi connectivity index (χ2v) is 6.06. The lowest BCUT2D eigenvalue weighted by Crippen LogP contribution is -2.27. The molecule has 0 bridgehead atoms. The Morgan fingerprint density at radius 3 is 2.50 bits per heavy atom. The van der Waals surface area contributed by atoms with Crippen molar-refractivity contribution in [2.45, 2.75) is 45.1 Å². The maximum absolute atomic E-state index is 6.36. The van der Waals surface area contributed by atoms with Gasteiger partial charge in [-0.15, -0.1) is 11.3 Å². The van der Waals surface area contributed by atoms with Crippen LogP contribution in [0.1, 0.15) is 42.0 Å². The van der Waals surface area contributed by atoms with Crippen LogP contribution in [0.5, 0.6) is 0 Å². The van der Waals surface area contributed by atoms with Crippen molar-refractivity contribution in [3.05, 3.63) is 20.3 Å². The maximum atomic E-state index is 6.36. The maximum Gasteiger partial charge on any atom is 0.0598 e. The van der Waals surface area contributed by atoms with E-state index in [0.717, 1.165) is 16.3 Å². The molecule has 14 heavy (non-hydrogen) atoms. The lowest BCUT2D eigenvalue weighted by atomic mass is 9.97. The molecule has 0 aliphatic heterocycles. The highest BCUT2D eigenvalue weighted by atomic mass is 35.5. The highest BCUT2D eigenvalue weighted by molar-refractivity contribution is 7.13. The quantitative estimate of drug-likeness (QED) is 0.784. The van der Waals surface area contributed by atoms with Crippen LogP contribution >= 0.6 is 22.9 Å². The Bertz CT molecular complexity index is 349. The summed E-state index contributed by atoms with van der Waals surface area (Å²) < 4.78 is 0.